The number of nitrogens with one attached hydrogen (secondary N) is 1. The zero-order chi connectivity index (χ0) is 21.4. The Bertz CT molecular complexity index is 913. The van der Waals surface area contributed by atoms with Crippen LogP contribution in [0.4, 0.5) is 5.69 Å². The highest BCUT2D eigenvalue weighted by Crippen LogP contribution is 2.24. The number of carbonyl (C=O) groups excluding carboxylic acids is 1. The summed E-state index contributed by atoms with van der Waals surface area (Å²) >= 11 is 0. The van der Waals surface area contributed by atoms with Crippen LogP contribution in [0.3, 0.4) is 0 Å². The normalized spacial score (nSPS) is 12.1. The van der Waals surface area contributed by atoms with Crippen molar-refractivity contribution in [3.63, 3.8) is 0 Å². The highest BCUT2D eigenvalue weighted by molar-refractivity contribution is 7.92. The SMILES string of the molecule is CCOc1ccc(N(C(C)C(=O)NCCOc2cccc(C)c2)S(C)(=O)=O)cc1. The second-order valence-electron chi connectivity index (χ2n) is 6.62. The summed E-state index contributed by atoms with van der Waals surface area (Å²) in [4.78, 5) is 12.5. The average molecular weight is 421 g/mol. The first-order valence-corrected chi connectivity index (χ1v) is 11.3. The van der Waals surface area contributed by atoms with Crippen LogP contribution in [0.1, 0.15) is 19.4 Å². The summed E-state index contributed by atoms with van der Waals surface area (Å²) in [5.74, 6) is 0.951. The van der Waals surface area contributed by atoms with Gasteiger partial charge in [-0.3, -0.25) is 9.10 Å². The predicted octanol–water partition coefficient (Wildman–Crippen LogP) is 2.74. The van der Waals surface area contributed by atoms with Crippen LogP contribution in [0.25, 0.3) is 0 Å². The summed E-state index contributed by atoms with van der Waals surface area (Å²) in [5.41, 5.74) is 1.48. The van der Waals surface area contributed by atoms with Gasteiger partial charge in [0.1, 0.15) is 24.1 Å². The number of amides is 1. The Kier molecular flexibility index (Phi) is 7.90. The summed E-state index contributed by atoms with van der Waals surface area (Å²) in [6.45, 7) is 6.44. The van der Waals surface area contributed by atoms with E-state index in [0.29, 0.717) is 18.0 Å². The first-order valence-electron chi connectivity index (χ1n) is 9.42. The molecule has 8 heteroatoms. The summed E-state index contributed by atoms with van der Waals surface area (Å²) in [7, 11) is -3.67. The third-order valence-electron chi connectivity index (χ3n) is 4.15. The maximum Gasteiger partial charge on any atom is 0.243 e. The zero-order valence-corrected chi connectivity index (χ0v) is 18.0. The Morgan fingerprint density at radius 3 is 2.38 bits per heavy atom. The number of benzene rings is 2. The van der Waals surface area contributed by atoms with Crippen LogP contribution in [0.5, 0.6) is 11.5 Å². The van der Waals surface area contributed by atoms with E-state index in [4.69, 9.17) is 9.47 Å². The molecule has 0 saturated carbocycles. The van der Waals surface area contributed by atoms with Crippen molar-refractivity contribution in [2.24, 2.45) is 0 Å². The van der Waals surface area contributed by atoms with Gasteiger partial charge in [-0.15, -0.1) is 0 Å². The molecule has 158 valence electrons. The molecule has 0 aliphatic heterocycles. The van der Waals surface area contributed by atoms with Gasteiger partial charge in [-0.05, 0) is 62.7 Å². The molecule has 0 bridgehead atoms. The van der Waals surface area contributed by atoms with Crippen molar-refractivity contribution in [1.82, 2.24) is 5.32 Å². The van der Waals surface area contributed by atoms with Gasteiger partial charge >= 0.3 is 0 Å². The minimum absolute atomic E-state index is 0.262. The van der Waals surface area contributed by atoms with Crippen LogP contribution in [0.15, 0.2) is 48.5 Å². The number of carbonyl (C=O) groups is 1. The Labute approximate surface area is 172 Å². The summed E-state index contributed by atoms with van der Waals surface area (Å²) in [6.07, 6.45) is 1.08. The van der Waals surface area contributed by atoms with Gasteiger partial charge in [0.25, 0.3) is 0 Å². The van der Waals surface area contributed by atoms with E-state index in [1.807, 2.05) is 38.1 Å². The van der Waals surface area contributed by atoms with Gasteiger partial charge in [-0.2, -0.15) is 0 Å². The summed E-state index contributed by atoms with van der Waals surface area (Å²) in [6, 6.07) is 13.3. The van der Waals surface area contributed by atoms with Crippen LogP contribution < -0.4 is 19.1 Å². The van der Waals surface area contributed by atoms with Crippen molar-refractivity contribution in [2.45, 2.75) is 26.8 Å². The third kappa shape index (κ3) is 6.67. The van der Waals surface area contributed by atoms with Crippen LogP contribution in [-0.4, -0.2) is 46.4 Å². The molecular weight excluding hydrogens is 392 g/mol. The Morgan fingerprint density at radius 1 is 1.10 bits per heavy atom. The van der Waals surface area contributed by atoms with Gasteiger partial charge in [0, 0.05) is 0 Å². The molecule has 1 unspecified atom stereocenters. The monoisotopic (exact) mass is 420 g/mol. The van der Waals surface area contributed by atoms with Crippen LogP contribution in [0.2, 0.25) is 0 Å². The van der Waals surface area contributed by atoms with Crippen molar-refractivity contribution in [1.29, 1.82) is 0 Å². The number of sulfonamides is 1. The fraction of sp³-hybridized carbons (Fsp3) is 0.381. The lowest BCUT2D eigenvalue weighted by Gasteiger charge is -2.28. The molecule has 1 amide bonds. The van der Waals surface area contributed by atoms with Gasteiger partial charge in [0.05, 0.1) is 25.1 Å². The molecule has 1 N–H and O–H groups in total. The molecule has 0 aliphatic rings. The van der Waals surface area contributed by atoms with E-state index in [-0.39, 0.29) is 13.2 Å². The van der Waals surface area contributed by atoms with Gasteiger partial charge in [0.2, 0.25) is 15.9 Å². The lowest BCUT2D eigenvalue weighted by molar-refractivity contribution is -0.121. The van der Waals surface area contributed by atoms with Crippen molar-refractivity contribution in [3.8, 4) is 11.5 Å². The first kappa shape index (κ1) is 22.5. The molecule has 2 aromatic rings. The van der Waals surface area contributed by atoms with Gasteiger partial charge in [-0.1, -0.05) is 12.1 Å². The molecular formula is C21H28N2O5S. The van der Waals surface area contributed by atoms with Crippen LogP contribution >= 0.6 is 0 Å². The maximum atomic E-state index is 12.5. The predicted molar refractivity (Wildman–Crippen MR) is 114 cm³/mol. The Hall–Kier alpha value is -2.74. The van der Waals surface area contributed by atoms with E-state index < -0.39 is 22.0 Å². The van der Waals surface area contributed by atoms with Gasteiger partial charge in [0.15, 0.2) is 0 Å². The Morgan fingerprint density at radius 2 is 1.79 bits per heavy atom. The first-order chi connectivity index (χ1) is 13.7. The number of hydrogen-bond donors (Lipinski definition) is 1. The smallest absolute Gasteiger partial charge is 0.243 e. The van der Waals surface area contributed by atoms with E-state index in [2.05, 4.69) is 5.32 Å². The molecule has 0 radical (unpaired) electrons. The summed E-state index contributed by atoms with van der Waals surface area (Å²) < 4.78 is 36.7. The van der Waals surface area contributed by atoms with Crippen molar-refractivity contribution >= 4 is 21.6 Å². The maximum absolute atomic E-state index is 12.5. The zero-order valence-electron chi connectivity index (χ0n) is 17.2. The molecule has 0 aromatic heterocycles. The van der Waals surface area contributed by atoms with Crippen molar-refractivity contribution < 1.29 is 22.7 Å². The van der Waals surface area contributed by atoms with Crippen LogP contribution in [0, 0.1) is 6.92 Å². The number of nitrogens with zero attached hydrogens (tertiary/aromatic N) is 1. The number of aryl methyl sites for hydroxylation is 1. The topological polar surface area (TPSA) is 84.9 Å². The van der Waals surface area contributed by atoms with Crippen molar-refractivity contribution in [3.05, 3.63) is 54.1 Å². The molecule has 0 fully saturated rings. The van der Waals surface area contributed by atoms with E-state index in [0.717, 1.165) is 21.9 Å². The summed E-state index contributed by atoms with van der Waals surface area (Å²) in [5, 5.41) is 2.73. The van der Waals surface area contributed by atoms with Crippen molar-refractivity contribution in [2.75, 3.05) is 30.3 Å². The molecule has 1 atom stereocenters. The van der Waals surface area contributed by atoms with Crippen LogP contribution in [-0.2, 0) is 14.8 Å². The highest BCUT2D eigenvalue weighted by atomic mass is 32.2. The van der Waals surface area contributed by atoms with E-state index in [1.165, 1.54) is 0 Å². The lowest BCUT2D eigenvalue weighted by atomic mass is 10.2. The minimum atomic E-state index is -3.67. The molecule has 0 saturated heterocycles. The van der Waals surface area contributed by atoms with Gasteiger partial charge in [-0.25, -0.2) is 8.42 Å². The van der Waals surface area contributed by atoms with Gasteiger partial charge < -0.3 is 14.8 Å². The fourth-order valence-corrected chi connectivity index (χ4v) is 4.04. The second kappa shape index (κ2) is 10.2. The minimum Gasteiger partial charge on any atom is -0.494 e. The quantitative estimate of drug-likeness (QED) is 0.598. The molecule has 0 aliphatic carbocycles. The van der Waals surface area contributed by atoms with E-state index in [9.17, 15) is 13.2 Å². The molecule has 29 heavy (non-hydrogen) atoms. The second-order valence-corrected chi connectivity index (χ2v) is 8.48. The average Bonchev–Trinajstić information content (AvgIpc) is 2.66. The molecule has 0 heterocycles. The van der Waals surface area contributed by atoms with E-state index in [1.54, 1.807) is 31.2 Å². The molecule has 7 nitrogen and oxygen atoms in total. The largest absolute Gasteiger partial charge is 0.494 e. The number of anilines is 1. The standard InChI is InChI=1S/C21H28N2O5S/c1-5-27-19-11-9-18(10-12-19)23(29(4,25)26)17(3)21(24)22-13-14-28-20-8-6-7-16(2)15-20/h6-12,15,17H,5,13-14H2,1-4H3,(H,22,24). The number of rotatable bonds is 10. The third-order valence-corrected chi connectivity index (χ3v) is 5.39. The molecule has 2 rings (SSSR count). The molecule has 2 aromatic carbocycles. The van der Waals surface area contributed by atoms with E-state index >= 15 is 0 Å². The molecule has 0 spiro atoms. The lowest BCUT2D eigenvalue weighted by Crippen LogP contribution is -2.48. The highest BCUT2D eigenvalue weighted by Gasteiger charge is 2.28. The Balaban J connectivity index is 1.99. The fourth-order valence-electron chi connectivity index (χ4n) is 2.86. The number of hydrogen-bond acceptors (Lipinski definition) is 5. The number of ether oxygens (including phenoxy) is 2.